The van der Waals surface area contributed by atoms with Gasteiger partial charge in [-0.25, -0.2) is 0 Å². The maximum Gasteiger partial charge on any atom is 0.573 e. The number of nitrogens with one attached hydrogen (secondary N) is 1. The fraction of sp³-hybridized carbons (Fsp3) is 0.667. The minimum atomic E-state index is -4.68. The fourth-order valence-corrected chi connectivity index (χ4v) is 4.19. The molecule has 29 heavy (non-hydrogen) atoms. The number of hydrogen-bond donors (Lipinski definition) is 1. The van der Waals surface area contributed by atoms with Crippen LogP contribution in [0.4, 0.5) is 18.9 Å². The van der Waals surface area contributed by atoms with E-state index < -0.39 is 6.36 Å². The number of amides is 1. The molecule has 0 unspecified atom stereocenters. The molecule has 0 atom stereocenters. The highest BCUT2D eigenvalue weighted by Crippen LogP contribution is 2.30. The maximum atomic E-state index is 12.8. The highest BCUT2D eigenvalue weighted by molar-refractivity contribution is 5.79. The first kappa shape index (κ1) is 21.7. The molecule has 3 rings (SSSR count). The van der Waals surface area contributed by atoms with Gasteiger partial charge in [-0.05, 0) is 63.8 Å². The van der Waals surface area contributed by atoms with Crippen LogP contribution in [0.25, 0.3) is 0 Å². The molecule has 1 amide bonds. The van der Waals surface area contributed by atoms with E-state index >= 15 is 0 Å². The average molecular weight is 413 g/mol. The molecule has 1 saturated heterocycles. The number of rotatable bonds is 5. The average Bonchev–Trinajstić information content (AvgIpc) is 2.68. The zero-order valence-corrected chi connectivity index (χ0v) is 17.0. The third kappa shape index (κ3) is 6.26. The highest BCUT2D eigenvalue weighted by Gasteiger charge is 2.32. The summed E-state index contributed by atoms with van der Waals surface area (Å²) in [6.45, 7) is 7.86. The Labute approximate surface area is 170 Å². The lowest BCUT2D eigenvalue weighted by molar-refractivity contribution is -0.274. The first-order chi connectivity index (χ1) is 13.7. The monoisotopic (exact) mass is 413 g/mol. The van der Waals surface area contributed by atoms with Gasteiger partial charge in [0, 0.05) is 49.9 Å². The molecule has 1 aliphatic heterocycles. The molecular formula is C21H30F3N3O2. The van der Waals surface area contributed by atoms with Gasteiger partial charge in [0.15, 0.2) is 0 Å². The molecule has 1 N–H and O–H groups in total. The number of piperazine rings is 1. The van der Waals surface area contributed by atoms with Crippen molar-refractivity contribution in [3.63, 3.8) is 0 Å². The van der Waals surface area contributed by atoms with Crippen LogP contribution in [0.15, 0.2) is 24.3 Å². The minimum absolute atomic E-state index is 0.0845. The van der Waals surface area contributed by atoms with Crippen molar-refractivity contribution in [1.82, 2.24) is 9.80 Å². The van der Waals surface area contributed by atoms with Gasteiger partial charge in [0.05, 0.1) is 0 Å². The van der Waals surface area contributed by atoms with Crippen LogP contribution in [0.5, 0.6) is 5.75 Å². The summed E-state index contributed by atoms with van der Waals surface area (Å²) in [7, 11) is 0. The van der Waals surface area contributed by atoms with E-state index in [-0.39, 0.29) is 23.6 Å². The van der Waals surface area contributed by atoms with Gasteiger partial charge in [0.2, 0.25) is 5.91 Å². The van der Waals surface area contributed by atoms with Crippen LogP contribution in [-0.2, 0) is 4.79 Å². The van der Waals surface area contributed by atoms with Crippen LogP contribution in [0.1, 0.15) is 39.5 Å². The van der Waals surface area contributed by atoms with Crippen LogP contribution in [0, 0.1) is 5.92 Å². The Morgan fingerprint density at radius 1 is 1.03 bits per heavy atom. The zero-order chi connectivity index (χ0) is 21.0. The van der Waals surface area contributed by atoms with Crippen LogP contribution in [0.2, 0.25) is 0 Å². The van der Waals surface area contributed by atoms with Gasteiger partial charge >= 0.3 is 6.36 Å². The summed E-state index contributed by atoms with van der Waals surface area (Å²) >= 11 is 0. The second-order valence-electron chi connectivity index (χ2n) is 8.22. The van der Waals surface area contributed by atoms with E-state index in [1.807, 2.05) is 4.90 Å². The largest absolute Gasteiger partial charge is 0.573 e. The van der Waals surface area contributed by atoms with Crippen LogP contribution in [-0.4, -0.2) is 60.3 Å². The molecule has 0 radical (unpaired) electrons. The predicted molar refractivity (Wildman–Crippen MR) is 106 cm³/mol. The Bertz CT molecular complexity index is 663. The van der Waals surface area contributed by atoms with Gasteiger partial charge in [-0.15, -0.1) is 13.2 Å². The molecule has 1 aromatic carbocycles. The topological polar surface area (TPSA) is 44.8 Å². The van der Waals surface area contributed by atoms with E-state index in [1.54, 1.807) is 12.1 Å². The van der Waals surface area contributed by atoms with Crippen LogP contribution >= 0.6 is 0 Å². The van der Waals surface area contributed by atoms with E-state index in [4.69, 9.17) is 0 Å². The maximum absolute atomic E-state index is 12.8. The van der Waals surface area contributed by atoms with E-state index in [1.165, 1.54) is 12.1 Å². The van der Waals surface area contributed by atoms with Gasteiger partial charge in [-0.1, -0.05) is 0 Å². The third-order valence-corrected chi connectivity index (χ3v) is 5.89. The summed E-state index contributed by atoms with van der Waals surface area (Å²) in [5.41, 5.74) is 0.763. The second kappa shape index (κ2) is 9.24. The fourth-order valence-electron chi connectivity index (χ4n) is 4.19. The molecular weight excluding hydrogens is 383 g/mol. The van der Waals surface area contributed by atoms with Gasteiger partial charge in [0.25, 0.3) is 0 Å². The molecule has 1 saturated carbocycles. The van der Waals surface area contributed by atoms with Crippen molar-refractivity contribution in [1.29, 1.82) is 0 Å². The van der Waals surface area contributed by atoms with Gasteiger partial charge in [0.1, 0.15) is 5.75 Å². The lowest BCUT2D eigenvalue weighted by atomic mass is 9.85. The van der Waals surface area contributed by atoms with Crippen molar-refractivity contribution in [3.8, 4) is 5.75 Å². The van der Waals surface area contributed by atoms with Crippen molar-refractivity contribution >= 4 is 11.6 Å². The Hall–Kier alpha value is -1.96. The Morgan fingerprint density at radius 3 is 2.14 bits per heavy atom. The predicted octanol–water partition coefficient (Wildman–Crippen LogP) is 4.11. The van der Waals surface area contributed by atoms with Crippen molar-refractivity contribution in [2.45, 2.75) is 58.0 Å². The number of halogens is 3. The summed E-state index contributed by atoms with van der Waals surface area (Å²) in [4.78, 5) is 17.2. The SMILES string of the molecule is CC(C)N1CCN(C(=O)[C@H]2CC[C@H](Nc3ccc(OC(F)(F)F)cc3)CC2)CC1. The number of hydrogen-bond acceptors (Lipinski definition) is 4. The standard InChI is InChI=1S/C21H30F3N3O2/c1-15(2)26-11-13-27(14-12-26)20(28)16-3-5-17(6-4-16)25-18-7-9-19(10-8-18)29-21(22,23)24/h7-10,15-17,25H,3-6,11-14H2,1-2H3/t16-,17-. The molecule has 1 aliphatic carbocycles. The van der Waals surface area contributed by atoms with Crippen molar-refractivity contribution in [3.05, 3.63) is 24.3 Å². The lowest BCUT2D eigenvalue weighted by Crippen LogP contribution is -2.52. The molecule has 2 fully saturated rings. The zero-order valence-electron chi connectivity index (χ0n) is 17.0. The number of ether oxygens (including phenoxy) is 1. The van der Waals surface area contributed by atoms with Crippen LogP contribution < -0.4 is 10.1 Å². The number of benzene rings is 1. The first-order valence-electron chi connectivity index (χ1n) is 10.4. The van der Waals surface area contributed by atoms with Gasteiger partial charge in [-0.3, -0.25) is 9.69 Å². The smallest absolute Gasteiger partial charge is 0.406 e. The number of carbonyl (C=O) groups excluding carboxylic acids is 1. The molecule has 5 nitrogen and oxygen atoms in total. The Kier molecular flexibility index (Phi) is 6.93. The quantitative estimate of drug-likeness (QED) is 0.789. The first-order valence-corrected chi connectivity index (χ1v) is 10.4. The number of nitrogens with zero attached hydrogens (tertiary/aromatic N) is 2. The summed E-state index contributed by atoms with van der Waals surface area (Å²) in [6, 6.07) is 6.54. The van der Waals surface area contributed by atoms with E-state index in [0.717, 1.165) is 57.5 Å². The molecule has 2 aliphatic rings. The normalized spacial score (nSPS) is 23.9. The minimum Gasteiger partial charge on any atom is -0.406 e. The summed E-state index contributed by atoms with van der Waals surface area (Å²) < 4.78 is 40.6. The van der Waals surface area contributed by atoms with Gasteiger partial charge in [-0.2, -0.15) is 0 Å². The highest BCUT2D eigenvalue weighted by atomic mass is 19.4. The van der Waals surface area contributed by atoms with E-state index in [9.17, 15) is 18.0 Å². The molecule has 162 valence electrons. The number of alkyl halides is 3. The van der Waals surface area contributed by atoms with Crippen molar-refractivity contribution in [2.24, 2.45) is 5.92 Å². The summed E-state index contributed by atoms with van der Waals surface area (Å²) in [5.74, 6) is 0.136. The van der Waals surface area contributed by atoms with Gasteiger partial charge < -0.3 is 15.0 Å². The molecule has 0 aromatic heterocycles. The van der Waals surface area contributed by atoms with E-state index in [2.05, 4.69) is 28.8 Å². The number of anilines is 1. The summed E-state index contributed by atoms with van der Waals surface area (Å²) in [5, 5.41) is 3.36. The molecule has 1 heterocycles. The number of carbonyl (C=O) groups is 1. The van der Waals surface area contributed by atoms with Crippen molar-refractivity contribution < 1.29 is 22.7 Å². The van der Waals surface area contributed by atoms with E-state index in [0.29, 0.717) is 6.04 Å². The Morgan fingerprint density at radius 2 is 1.62 bits per heavy atom. The van der Waals surface area contributed by atoms with Crippen LogP contribution in [0.3, 0.4) is 0 Å². The third-order valence-electron chi connectivity index (χ3n) is 5.89. The lowest BCUT2D eigenvalue weighted by Gasteiger charge is -2.39. The molecule has 8 heteroatoms. The summed E-state index contributed by atoms with van der Waals surface area (Å²) in [6.07, 6.45) is -1.24. The molecule has 0 spiro atoms. The molecule has 1 aromatic rings. The molecule has 0 bridgehead atoms. The van der Waals surface area contributed by atoms with Crippen molar-refractivity contribution in [2.75, 3.05) is 31.5 Å². The Balaban J connectivity index is 1.43. The second-order valence-corrected chi connectivity index (χ2v) is 8.22.